The van der Waals surface area contributed by atoms with Crippen LogP contribution in [0, 0.1) is 5.82 Å². The van der Waals surface area contributed by atoms with Crippen LogP contribution in [-0.2, 0) is 17.8 Å². The number of para-hydroxylation sites is 2. The molecule has 0 radical (unpaired) electrons. The van der Waals surface area contributed by atoms with Gasteiger partial charge in [0.1, 0.15) is 24.3 Å². The summed E-state index contributed by atoms with van der Waals surface area (Å²) in [6.45, 7) is 3.46. The molecule has 2 heterocycles. The molecule has 29 heavy (non-hydrogen) atoms. The second-order valence-electron chi connectivity index (χ2n) is 7.40. The number of halogens is 1. The SMILES string of the molecule is CC(=O)Nc1ccccc1OCC(O)CN1CCc2[nH]c3ccc(F)cc3c2C1. The van der Waals surface area contributed by atoms with Gasteiger partial charge in [-0.3, -0.25) is 9.69 Å². The Hall–Kier alpha value is -2.90. The van der Waals surface area contributed by atoms with Crippen molar-refractivity contribution in [2.24, 2.45) is 0 Å². The van der Waals surface area contributed by atoms with E-state index in [1.54, 1.807) is 24.3 Å². The summed E-state index contributed by atoms with van der Waals surface area (Å²) < 4.78 is 19.4. The molecule has 1 unspecified atom stereocenters. The van der Waals surface area contributed by atoms with Crippen molar-refractivity contribution in [3.05, 3.63) is 59.5 Å². The molecule has 0 spiro atoms. The van der Waals surface area contributed by atoms with Gasteiger partial charge in [-0.05, 0) is 35.9 Å². The number of carbonyl (C=O) groups excluding carboxylic acids is 1. The maximum absolute atomic E-state index is 13.7. The number of benzene rings is 2. The van der Waals surface area contributed by atoms with Gasteiger partial charge in [0, 0.05) is 49.6 Å². The number of aromatic nitrogens is 1. The second kappa shape index (κ2) is 8.23. The number of rotatable bonds is 6. The number of carbonyl (C=O) groups is 1. The number of β-amino-alcohol motifs (C(OH)–C–C–N with tert-alkyl or cyclic N) is 1. The van der Waals surface area contributed by atoms with Gasteiger partial charge in [0.25, 0.3) is 0 Å². The molecule has 0 bridgehead atoms. The Morgan fingerprint density at radius 2 is 2.17 bits per heavy atom. The number of nitrogens with one attached hydrogen (secondary N) is 2. The van der Waals surface area contributed by atoms with Gasteiger partial charge < -0.3 is 20.1 Å². The molecule has 3 aromatic rings. The molecule has 3 N–H and O–H groups in total. The second-order valence-corrected chi connectivity index (χ2v) is 7.40. The zero-order chi connectivity index (χ0) is 20.4. The van der Waals surface area contributed by atoms with E-state index in [1.165, 1.54) is 13.0 Å². The smallest absolute Gasteiger partial charge is 0.221 e. The number of hydrogen-bond donors (Lipinski definition) is 3. The van der Waals surface area contributed by atoms with E-state index in [9.17, 15) is 14.3 Å². The fraction of sp³-hybridized carbons (Fsp3) is 0.318. The summed E-state index contributed by atoms with van der Waals surface area (Å²) in [5.41, 5.74) is 3.75. The molecular formula is C22H24FN3O3. The average molecular weight is 397 g/mol. The van der Waals surface area contributed by atoms with Crippen molar-refractivity contribution in [2.75, 3.05) is 25.0 Å². The molecule has 4 rings (SSSR count). The molecule has 1 aliphatic heterocycles. The van der Waals surface area contributed by atoms with E-state index in [0.29, 0.717) is 24.5 Å². The van der Waals surface area contributed by atoms with Gasteiger partial charge >= 0.3 is 0 Å². The van der Waals surface area contributed by atoms with Crippen LogP contribution in [0.25, 0.3) is 10.9 Å². The Morgan fingerprint density at radius 3 is 3.00 bits per heavy atom. The number of ether oxygens (including phenoxy) is 1. The highest BCUT2D eigenvalue weighted by Gasteiger charge is 2.23. The molecule has 1 atom stereocenters. The summed E-state index contributed by atoms with van der Waals surface area (Å²) in [6, 6.07) is 11.9. The number of nitrogens with zero attached hydrogens (tertiary/aromatic N) is 1. The molecule has 0 aliphatic carbocycles. The van der Waals surface area contributed by atoms with Crippen LogP contribution in [0.3, 0.4) is 0 Å². The quantitative estimate of drug-likeness (QED) is 0.597. The minimum absolute atomic E-state index is 0.114. The largest absolute Gasteiger partial charge is 0.489 e. The van der Waals surface area contributed by atoms with Gasteiger partial charge in [0.15, 0.2) is 0 Å². The first kappa shape index (κ1) is 19.4. The predicted molar refractivity (Wildman–Crippen MR) is 109 cm³/mol. The van der Waals surface area contributed by atoms with Gasteiger partial charge in [0.05, 0.1) is 5.69 Å². The zero-order valence-electron chi connectivity index (χ0n) is 16.2. The van der Waals surface area contributed by atoms with Crippen molar-refractivity contribution in [3.8, 4) is 5.75 Å². The summed E-state index contributed by atoms with van der Waals surface area (Å²) in [5, 5.41) is 14.1. The summed E-state index contributed by atoms with van der Waals surface area (Å²) >= 11 is 0. The number of aliphatic hydroxyl groups excluding tert-OH is 1. The Balaban J connectivity index is 1.38. The fourth-order valence-electron chi connectivity index (χ4n) is 3.82. The minimum atomic E-state index is -0.691. The van der Waals surface area contributed by atoms with Crippen molar-refractivity contribution in [1.29, 1.82) is 0 Å². The van der Waals surface area contributed by atoms with E-state index in [1.807, 2.05) is 12.1 Å². The topological polar surface area (TPSA) is 77.6 Å². The van der Waals surface area contributed by atoms with Crippen LogP contribution in [0.4, 0.5) is 10.1 Å². The van der Waals surface area contributed by atoms with Crippen molar-refractivity contribution >= 4 is 22.5 Å². The lowest BCUT2D eigenvalue weighted by Gasteiger charge is -2.29. The third-order valence-electron chi connectivity index (χ3n) is 5.11. The van der Waals surface area contributed by atoms with Crippen molar-refractivity contribution in [1.82, 2.24) is 9.88 Å². The molecule has 2 aromatic carbocycles. The van der Waals surface area contributed by atoms with Gasteiger partial charge in [0.2, 0.25) is 5.91 Å². The molecule has 152 valence electrons. The number of aromatic amines is 1. The van der Waals surface area contributed by atoms with E-state index in [0.717, 1.165) is 35.1 Å². The molecular weight excluding hydrogens is 373 g/mol. The average Bonchev–Trinajstić information content (AvgIpc) is 3.04. The minimum Gasteiger partial charge on any atom is -0.489 e. The van der Waals surface area contributed by atoms with Gasteiger partial charge in [-0.15, -0.1) is 0 Å². The summed E-state index contributed by atoms with van der Waals surface area (Å²) in [4.78, 5) is 16.8. The molecule has 7 heteroatoms. The molecule has 0 saturated heterocycles. The lowest BCUT2D eigenvalue weighted by atomic mass is 10.0. The Morgan fingerprint density at radius 1 is 1.34 bits per heavy atom. The van der Waals surface area contributed by atoms with Crippen LogP contribution in [0.1, 0.15) is 18.2 Å². The lowest BCUT2D eigenvalue weighted by molar-refractivity contribution is -0.114. The first-order chi connectivity index (χ1) is 14.0. The molecule has 0 saturated carbocycles. The highest BCUT2D eigenvalue weighted by atomic mass is 19.1. The van der Waals surface area contributed by atoms with Crippen LogP contribution in [0.2, 0.25) is 0 Å². The van der Waals surface area contributed by atoms with E-state index in [4.69, 9.17) is 4.74 Å². The van der Waals surface area contributed by atoms with Crippen molar-refractivity contribution in [3.63, 3.8) is 0 Å². The van der Waals surface area contributed by atoms with E-state index >= 15 is 0 Å². The number of amides is 1. The van der Waals surface area contributed by atoms with Gasteiger partial charge in [-0.1, -0.05) is 12.1 Å². The maximum atomic E-state index is 13.7. The number of aliphatic hydroxyl groups is 1. The van der Waals surface area contributed by atoms with Crippen LogP contribution in [0.15, 0.2) is 42.5 Å². The number of fused-ring (bicyclic) bond motifs is 3. The van der Waals surface area contributed by atoms with E-state index in [-0.39, 0.29) is 18.3 Å². The first-order valence-corrected chi connectivity index (χ1v) is 9.68. The van der Waals surface area contributed by atoms with Crippen LogP contribution >= 0.6 is 0 Å². The molecule has 1 amide bonds. The summed E-state index contributed by atoms with van der Waals surface area (Å²) in [6.07, 6.45) is 0.133. The third-order valence-corrected chi connectivity index (χ3v) is 5.11. The molecule has 1 aromatic heterocycles. The van der Waals surface area contributed by atoms with Crippen LogP contribution < -0.4 is 10.1 Å². The third kappa shape index (κ3) is 4.41. The Bertz CT molecular complexity index is 1030. The van der Waals surface area contributed by atoms with Crippen LogP contribution in [0.5, 0.6) is 5.75 Å². The van der Waals surface area contributed by atoms with E-state index < -0.39 is 6.10 Å². The fourth-order valence-corrected chi connectivity index (χ4v) is 3.82. The molecule has 1 aliphatic rings. The number of anilines is 1. The molecule has 6 nitrogen and oxygen atoms in total. The zero-order valence-corrected chi connectivity index (χ0v) is 16.2. The highest BCUT2D eigenvalue weighted by Crippen LogP contribution is 2.28. The molecule has 0 fully saturated rings. The standard InChI is InChI=1S/C22H24FN3O3/c1-14(27)24-21-4-2-3-5-22(21)29-13-16(28)11-26-9-8-20-18(12-26)17-10-15(23)6-7-19(17)25-20/h2-7,10,16,25,28H,8-9,11-13H2,1H3,(H,24,27). The Labute approximate surface area is 168 Å². The van der Waals surface area contributed by atoms with Gasteiger partial charge in [-0.2, -0.15) is 0 Å². The lowest BCUT2D eigenvalue weighted by Crippen LogP contribution is -2.38. The number of H-pyrrole nitrogens is 1. The van der Waals surface area contributed by atoms with Crippen LogP contribution in [-0.4, -0.2) is 46.7 Å². The summed E-state index contributed by atoms with van der Waals surface area (Å²) in [5.74, 6) is 0.0957. The van der Waals surface area contributed by atoms with E-state index in [2.05, 4.69) is 15.2 Å². The first-order valence-electron chi connectivity index (χ1n) is 9.68. The van der Waals surface area contributed by atoms with Gasteiger partial charge in [-0.25, -0.2) is 4.39 Å². The Kier molecular flexibility index (Phi) is 5.51. The van der Waals surface area contributed by atoms with Crippen molar-refractivity contribution in [2.45, 2.75) is 26.0 Å². The maximum Gasteiger partial charge on any atom is 0.221 e. The normalized spacial score (nSPS) is 15.1. The summed E-state index contributed by atoms with van der Waals surface area (Å²) in [7, 11) is 0. The number of hydrogen-bond acceptors (Lipinski definition) is 4. The predicted octanol–water partition coefficient (Wildman–Crippen LogP) is 3.06. The van der Waals surface area contributed by atoms with Crippen molar-refractivity contribution < 1.29 is 19.0 Å². The monoisotopic (exact) mass is 397 g/mol. The highest BCUT2D eigenvalue weighted by molar-refractivity contribution is 5.90.